The van der Waals surface area contributed by atoms with E-state index in [4.69, 9.17) is 5.73 Å². The largest absolute Gasteiger partial charge is 0.328 e. The molecule has 0 unspecified atom stereocenters. The maximum absolute atomic E-state index is 12.3. The second kappa shape index (κ2) is 5.03. The number of hydrogen-bond donors (Lipinski definition) is 1. The van der Waals surface area contributed by atoms with Gasteiger partial charge in [-0.05, 0) is 32.0 Å². The molecule has 1 atom stereocenters. The molecular weight excluding hydrogens is 282 g/mol. The van der Waals surface area contributed by atoms with E-state index in [1.165, 1.54) is 12.3 Å². The molecule has 22 heavy (non-hydrogen) atoms. The summed E-state index contributed by atoms with van der Waals surface area (Å²) >= 11 is 0. The Labute approximate surface area is 127 Å². The molecule has 1 saturated heterocycles. The standard InChI is InChI=1S/C15H19N5O2/c16-10-3-5-18(6-4-10)8-11-9-19-13(21)2-1-12-15(19)20(11)14(22)7-17-12/h1-2,7,10-11H,3-6,8-9,16H2/t11-/m0/s1. The van der Waals surface area contributed by atoms with Gasteiger partial charge in [-0.3, -0.25) is 18.7 Å². The van der Waals surface area contributed by atoms with E-state index in [0.29, 0.717) is 17.7 Å². The van der Waals surface area contributed by atoms with Crippen LogP contribution in [0.2, 0.25) is 0 Å². The Balaban J connectivity index is 1.71. The highest BCUT2D eigenvalue weighted by molar-refractivity contribution is 5.71. The Hall–Kier alpha value is -1.99. The molecule has 0 aliphatic carbocycles. The number of pyridine rings is 1. The van der Waals surface area contributed by atoms with Crippen LogP contribution in [0.25, 0.3) is 11.2 Å². The van der Waals surface area contributed by atoms with Crippen molar-refractivity contribution >= 4 is 11.2 Å². The minimum atomic E-state index is -0.136. The summed E-state index contributed by atoms with van der Waals surface area (Å²) in [4.78, 5) is 30.8. The Bertz CT molecular complexity index is 827. The number of likely N-dealkylation sites (tertiary alicyclic amines) is 1. The molecule has 1 fully saturated rings. The fraction of sp³-hybridized carbons (Fsp3) is 0.533. The van der Waals surface area contributed by atoms with E-state index < -0.39 is 0 Å². The van der Waals surface area contributed by atoms with Crippen LogP contribution in [0.3, 0.4) is 0 Å². The van der Waals surface area contributed by atoms with Crippen molar-refractivity contribution in [1.29, 1.82) is 0 Å². The van der Waals surface area contributed by atoms with E-state index in [0.717, 1.165) is 32.5 Å². The highest BCUT2D eigenvalue weighted by Crippen LogP contribution is 2.23. The molecule has 7 nitrogen and oxygen atoms in total. The predicted molar refractivity (Wildman–Crippen MR) is 82.9 cm³/mol. The highest BCUT2D eigenvalue weighted by atomic mass is 16.1. The van der Waals surface area contributed by atoms with Gasteiger partial charge in [-0.2, -0.15) is 0 Å². The first-order valence-electron chi connectivity index (χ1n) is 7.72. The minimum absolute atomic E-state index is 0.0116. The molecule has 0 amide bonds. The minimum Gasteiger partial charge on any atom is -0.328 e. The van der Waals surface area contributed by atoms with Gasteiger partial charge in [0, 0.05) is 25.2 Å². The van der Waals surface area contributed by atoms with Crippen LogP contribution in [-0.4, -0.2) is 44.7 Å². The zero-order valence-corrected chi connectivity index (χ0v) is 12.3. The summed E-state index contributed by atoms with van der Waals surface area (Å²) in [5, 5.41) is 0. The van der Waals surface area contributed by atoms with Crippen molar-refractivity contribution in [2.75, 3.05) is 19.6 Å². The van der Waals surface area contributed by atoms with Crippen LogP contribution in [0.15, 0.2) is 27.9 Å². The lowest BCUT2D eigenvalue weighted by molar-refractivity contribution is 0.183. The van der Waals surface area contributed by atoms with Crippen molar-refractivity contribution < 1.29 is 0 Å². The molecular formula is C15H19N5O2. The second-order valence-electron chi connectivity index (χ2n) is 6.25. The lowest BCUT2D eigenvalue weighted by Gasteiger charge is -2.32. The first-order chi connectivity index (χ1) is 10.6. The third-order valence-corrected chi connectivity index (χ3v) is 4.77. The van der Waals surface area contributed by atoms with Crippen molar-refractivity contribution in [2.24, 2.45) is 5.73 Å². The third-order valence-electron chi connectivity index (χ3n) is 4.77. The van der Waals surface area contributed by atoms with Gasteiger partial charge in [0.15, 0.2) is 0 Å². The summed E-state index contributed by atoms with van der Waals surface area (Å²) in [5.41, 5.74) is 7.08. The fourth-order valence-corrected chi connectivity index (χ4v) is 3.60. The molecule has 2 aromatic heterocycles. The monoisotopic (exact) mass is 301 g/mol. The second-order valence-corrected chi connectivity index (χ2v) is 6.25. The Kier molecular flexibility index (Phi) is 3.12. The molecule has 116 valence electrons. The van der Waals surface area contributed by atoms with Gasteiger partial charge < -0.3 is 10.6 Å². The topological polar surface area (TPSA) is 86.2 Å². The van der Waals surface area contributed by atoms with E-state index in [2.05, 4.69) is 9.88 Å². The zero-order valence-electron chi connectivity index (χ0n) is 12.3. The average Bonchev–Trinajstić information content (AvgIpc) is 2.89. The van der Waals surface area contributed by atoms with E-state index in [1.807, 2.05) is 0 Å². The Morgan fingerprint density at radius 2 is 1.95 bits per heavy atom. The molecule has 0 bridgehead atoms. The van der Waals surface area contributed by atoms with Crippen molar-refractivity contribution in [3.05, 3.63) is 39.0 Å². The van der Waals surface area contributed by atoms with Gasteiger partial charge in [-0.1, -0.05) is 0 Å². The predicted octanol–water partition coefficient (Wildman–Crippen LogP) is -0.464. The number of piperidine rings is 1. The maximum Gasteiger partial charge on any atom is 0.270 e. The van der Waals surface area contributed by atoms with Gasteiger partial charge in [-0.25, -0.2) is 4.98 Å². The number of hydrogen-bond acceptors (Lipinski definition) is 5. The van der Waals surface area contributed by atoms with Gasteiger partial charge in [-0.15, -0.1) is 0 Å². The van der Waals surface area contributed by atoms with Gasteiger partial charge in [0.25, 0.3) is 11.1 Å². The van der Waals surface area contributed by atoms with E-state index in [-0.39, 0.29) is 23.2 Å². The highest BCUT2D eigenvalue weighted by Gasteiger charge is 2.29. The number of rotatable bonds is 2. The normalized spacial score (nSPS) is 22.5. The van der Waals surface area contributed by atoms with Crippen LogP contribution in [0, 0.1) is 0 Å². The SMILES string of the molecule is NC1CCN(C[C@H]2Cn3c(=O)ccc4ncc(=O)n2c43)CC1. The summed E-state index contributed by atoms with van der Waals surface area (Å²) in [7, 11) is 0. The average molecular weight is 301 g/mol. The Morgan fingerprint density at radius 1 is 1.18 bits per heavy atom. The van der Waals surface area contributed by atoms with Crippen LogP contribution < -0.4 is 16.9 Å². The van der Waals surface area contributed by atoms with Crippen LogP contribution in [0.4, 0.5) is 0 Å². The van der Waals surface area contributed by atoms with Crippen LogP contribution in [-0.2, 0) is 6.54 Å². The zero-order chi connectivity index (χ0) is 15.3. The number of aromatic nitrogens is 3. The first kappa shape index (κ1) is 13.7. The van der Waals surface area contributed by atoms with E-state index in [9.17, 15) is 9.59 Å². The lowest BCUT2D eigenvalue weighted by atomic mass is 10.1. The van der Waals surface area contributed by atoms with E-state index >= 15 is 0 Å². The van der Waals surface area contributed by atoms with Crippen LogP contribution in [0.5, 0.6) is 0 Å². The van der Waals surface area contributed by atoms with Crippen LogP contribution in [0.1, 0.15) is 18.9 Å². The van der Waals surface area contributed by atoms with Crippen molar-refractivity contribution in [2.45, 2.75) is 31.5 Å². The maximum atomic E-state index is 12.3. The summed E-state index contributed by atoms with van der Waals surface area (Å²) in [6, 6.07) is 3.48. The molecule has 2 aliphatic rings. The van der Waals surface area contributed by atoms with Crippen molar-refractivity contribution in [1.82, 2.24) is 19.0 Å². The van der Waals surface area contributed by atoms with Gasteiger partial charge >= 0.3 is 0 Å². The summed E-state index contributed by atoms with van der Waals surface area (Å²) < 4.78 is 3.41. The van der Waals surface area contributed by atoms with Crippen LogP contribution >= 0.6 is 0 Å². The van der Waals surface area contributed by atoms with Gasteiger partial charge in [0.2, 0.25) is 0 Å². The molecule has 0 radical (unpaired) electrons. The molecule has 2 N–H and O–H groups in total. The van der Waals surface area contributed by atoms with Crippen molar-refractivity contribution in [3.8, 4) is 0 Å². The molecule has 0 aromatic carbocycles. The van der Waals surface area contributed by atoms with Gasteiger partial charge in [0.05, 0.1) is 12.2 Å². The molecule has 2 aliphatic heterocycles. The molecule has 0 spiro atoms. The number of nitrogens with zero attached hydrogens (tertiary/aromatic N) is 4. The molecule has 0 saturated carbocycles. The smallest absolute Gasteiger partial charge is 0.270 e. The quantitative estimate of drug-likeness (QED) is 0.811. The van der Waals surface area contributed by atoms with Crippen molar-refractivity contribution in [3.63, 3.8) is 0 Å². The van der Waals surface area contributed by atoms with E-state index in [1.54, 1.807) is 15.2 Å². The molecule has 4 rings (SSSR count). The third kappa shape index (κ3) is 2.08. The summed E-state index contributed by atoms with van der Waals surface area (Å²) in [5.74, 6) is 0. The summed E-state index contributed by atoms with van der Waals surface area (Å²) in [6.07, 6.45) is 3.32. The molecule has 4 heterocycles. The molecule has 7 heteroatoms. The summed E-state index contributed by atoms with van der Waals surface area (Å²) in [6.45, 7) is 3.21. The Morgan fingerprint density at radius 3 is 2.73 bits per heavy atom. The molecule has 2 aromatic rings. The fourth-order valence-electron chi connectivity index (χ4n) is 3.60. The first-order valence-corrected chi connectivity index (χ1v) is 7.72. The number of nitrogens with two attached hydrogens (primary N) is 1. The lowest BCUT2D eigenvalue weighted by Crippen LogP contribution is -2.43. The van der Waals surface area contributed by atoms with Gasteiger partial charge in [0.1, 0.15) is 11.2 Å².